The van der Waals surface area contributed by atoms with Crippen LogP contribution in [0.1, 0.15) is 19.4 Å². The molecule has 0 aliphatic heterocycles. The van der Waals surface area contributed by atoms with Gasteiger partial charge in [0.2, 0.25) is 10.0 Å². The molecule has 0 amide bonds. The molecular weight excluding hydrogens is 390 g/mol. The summed E-state index contributed by atoms with van der Waals surface area (Å²) in [6.45, 7) is 3.96. The third kappa shape index (κ3) is 6.17. The molecule has 2 aromatic rings. The van der Waals surface area contributed by atoms with E-state index in [0.717, 1.165) is 5.56 Å². The van der Waals surface area contributed by atoms with E-state index in [2.05, 4.69) is 5.32 Å². The van der Waals surface area contributed by atoms with Gasteiger partial charge in [-0.2, -0.15) is 4.31 Å². The highest BCUT2D eigenvalue weighted by molar-refractivity contribution is 7.89. The van der Waals surface area contributed by atoms with Crippen LogP contribution in [0.5, 0.6) is 5.75 Å². The molecule has 0 aliphatic rings. The molecule has 0 aromatic heterocycles. The Morgan fingerprint density at radius 2 is 1.76 bits per heavy atom. The van der Waals surface area contributed by atoms with Crippen LogP contribution in [0.25, 0.3) is 0 Å². The van der Waals surface area contributed by atoms with Gasteiger partial charge in [-0.1, -0.05) is 44.2 Å². The normalized spacial score (nSPS) is 14.2. The quantitative estimate of drug-likeness (QED) is 0.436. The van der Waals surface area contributed by atoms with Crippen molar-refractivity contribution in [1.82, 2.24) is 4.31 Å². The van der Waals surface area contributed by atoms with Gasteiger partial charge < -0.3 is 21.3 Å². The fraction of sp³-hybridized carbons (Fsp3) is 0.429. The first-order valence-corrected chi connectivity index (χ1v) is 11.1. The Hall–Kier alpha value is -2.13. The number of aromatic hydroxyl groups is 1. The summed E-state index contributed by atoms with van der Waals surface area (Å²) in [5, 5.41) is 23.2. The van der Waals surface area contributed by atoms with E-state index in [0.29, 0.717) is 12.1 Å². The number of anilines is 1. The molecule has 7 nitrogen and oxygen atoms in total. The first kappa shape index (κ1) is 23.2. The number of aliphatic hydroxyl groups excluding tert-OH is 1. The van der Waals surface area contributed by atoms with E-state index in [9.17, 15) is 18.6 Å². The molecule has 160 valence electrons. The van der Waals surface area contributed by atoms with Crippen molar-refractivity contribution in [3.8, 4) is 5.75 Å². The zero-order valence-corrected chi connectivity index (χ0v) is 17.9. The molecule has 0 aliphatic carbocycles. The second-order valence-corrected chi connectivity index (χ2v) is 9.50. The lowest BCUT2D eigenvalue weighted by Gasteiger charge is -2.29. The maximum atomic E-state index is 13.2. The lowest BCUT2D eigenvalue weighted by atomic mass is 10.0. The first-order valence-electron chi connectivity index (χ1n) is 9.63. The van der Waals surface area contributed by atoms with Gasteiger partial charge in [-0.05, 0) is 36.1 Å². The van der Waals surface area contributed by atoms with Gasteiger partial charge in [-0.15, -0.1) is 0 Å². The van der Waals surface area contributed by atoms with Gasteiger partial charge in [0, 0.05) is 26.2 Å². The second kappa shape index (κ2) is 10.1. The number of nitrogens with one attached hydrogen (secondary N) is 1. The van der Waals surface area contributed by atoms with Gasteiger partial charge in [0.15, 0.2) is 0 Å². The summed E-state index contributed by atoms with van der Waals surface area (Å²) in [4.78, 5) is 0.0455. The zero-order valence-electron chi connectivity index (χ0n) is 17.1. The molecule has 29 heavy (non-hydrogen) atoms. The molecule has 0 unspecified atom stereocenters. The van der Waals surface area contributed by atoms with Crippen LogP contribution in [-0.4, -0.2) is 55.2 Å². The van der Waals surface area contributed by atoms with Crippen LogP contribution in [0.4, 0.5) is 5.69 Å². The average molecular weight is 422 g/mol. The molecular formula is C21H31N3O4S. The van der Waals surface area contributed by atoms with Crippen LogP contribution in [0.15, 0.2) is 53.4 Å². The van der Waals surface area contributed by atoms with E-state index >= 15 is 0 Å². The lowest BCUT2D eigenvalue weighted by molar-refractivity contribution is 0.116. The van der Waals surface area contributed by atoms with Crippen LogP contribution >= 0.6 is 0 Å². The largest absolute Gasteiger partial charge is 0.506 e. The van der Waals surface area contributed by atoms with Crippen molar-refractivity contribution < 1.29 is 18.6 Å². The highest BCUT2D eigenvalue weighted by Crippen LogP contribution is 2.28. The van der Waals surface area contributed by atoms with Crippen LogP contribution < -0.4 is 11.1 Å². The van der Waals surface area contributed by atoms with E-state index in [4.69, 9.17) is 5.73 Å². The van der Waals surface area contributed by atoms with Crippen molar-refractivity contribution in [2.75, 3.05) is 25.5 Å². The molecule has 0 radical (unpaired) electrons. The van der Waals surface area contributed by atoms with Crippen LogP contribution in [0, 0.1) is 5.92 Å². The van der Waals surface area contributed by atoms with Crippen molar-refractivity contribution in [2.45, 2.75) is 37.3 Å². The summed E-state index contributed by atoms with van der Waals surface area (Å²) >= 11 is 0. The summed E-state index contributed by atoms with van der Waals surface area (Å²) in [5.74, 6) is 0.0231. The third-order valence-electron chi connectivity index (χ3n) is 4.64. The SMILES string of the molecule is CNc1cc(S(=O)(=O)N(CC(C)C)C[C@@H](O)[C@@H](N)Cc2ccccc2)ccc1O. The van der Waals surface area contributed by atoms with Crippen molar-refractivity contribution in [1.29, 1.82) is 0 Å². The summed E-state index contributed by atoms with van der Waals surface area (Å²) < 4.78 is 27.7. The summed E-state index contributed by atoms with van der Waals surface area (Å²) in [7, 11) is -2.28. The Morgan fingerprint density at radius 1 is 1.10 bits per heavy atom. The number of rotatable bonds is 10. The molecule has 0 heterocycles. The minimum absolute atomic E-state index is 0.0354. The predicted octanol–water partition coefficient (Wildman–Crippen LogP) is 2.01. The number of benzene rings is 2. The Kier molecular flexibility index (Phi) is 8.04. The number of aliphatic hydroxyl groups is 1. The van der Waals surface area contributed by atoms with Crippen molar-refractivity contribution in [2.24, 2.45) is 11.7 Å². The summed E-state index contributed by atoms with van der Waals surface area (Å²) in [6, 6.07) is 13.0. The molecule has 2 atom stereocenters. The fourth-order valence-electron chi connectivity index (χ4n) is 3.07. The lowest BCUT2D eigenvalue weighted by Crippen LogP contribution is -2.47. The number of phenols is 1. The molecule has 2 aromatic carbocycles. The van der Waals surface area contributed by atoms with E-state index in [-0.39, 0.29) is 29.7 Å². The molecule has 0 fully saturated rings. The molecule has 5 N–H and O–H groups in total. The highest BCUT2D eigenvalue weighted by Gasteiger charge is 2.30. The van der Waals surface area contributed by atoms with Crippen LogP contribution in [0.2, 0.25) is 0 Å². The number of hydrogen-bond acceptors (Lipinski definition) is 6. The Labute approximate surface area is 173 Å². The molecule has 2 rings (SSSR count). The first-order chi connectivity index (χ1) is 13.6. The Balaban J connectivity index is 2.23. The standard InChI is InChI=1S/C21H31N3O4S/c1-15(2)13-24(14-21(26)18(22)11-16-7-5-4-6-8-16)29(27,28)17-9-10-20(25)19(12-17)23-3/h4-10,12,15,18,21,23,25-26H,11,13-14,22H2,1-3H3/t18-,21+/m0/s1. The van der Waals surface area contributed by atoms with E-state index in [1.165, 1.54) is 22.5 Å². The van der Waals surface area contributed by atoms with Gasteiger partial charge in [0.05, 0.1) is 16.7 Å². The van der Waals surface area contributed by atoms with Crippen molar-refractivity contribution >= 4 is 15.7 Å². The fourth-order valence-corrected chi connectivity index (χ4v) is 4.72. The van der Waals surface area contributed by atoms with Gasteiger partial charge in [-0.3, -0.25) is 0 Å². The molecule has 0 spiro atoms. The molecule has 8 heteroatoms. The van der Waals surface area contributed by atoms with Gasteiger partial charge >= 0.3 is 0 Å². The molecule has 0 saturated heterocycles. The molecule has 0 saturated carbocycles. The topological polar surface area (TPSA) is 116 Å². The number of nitrogens with two attached hydrogens (primary N) is 1. The molecule has 0 bridgehead atoms. The third-order valence-corrected chi connectivity index (χ3v) is 6.47. The van der Waals surface area contributed by atoms with Gasteiger partial charge in [0.25, 0.3) is 0 Å². The number of nitrogens with zero attached hydrogens (tertiary/aromatic N) is 1. The van der Waals surface area contributed by atoms with Crippen LogP contribution in [-0.2, 0) is 16.4 Å². The minimum atomic E-state index is -3.88. The highest BCUT2D eigenvalue weighted by atomic mass is 32.2. The van der Waals surface area contributed by atoms with Crippen molar-refractivity contribution in [3.63, 3.8) is 0 Å². The summed E-state index contributed by atoms with van der Waals surface area (Å²) in [5.41, 5.74) is 7.46. The minimum Gasteiger partial charge on any atom is -0.506 e. The monoisotopic (exact) mass is 421 g/mol. The van der Waals surface area contributed by atoms with Gasteiger partial charge in [-0.25, -0.2) is 8.42 Å². The van der Waals surface area contributed by atoms with E-state index < -0.39 is 22.2 Å². The number of phenolic OH excluding ortho intramolecular Hbond substituents is 1. The summed E-state index contributed by atoms with van der Waals surface area (Å²) in [6.07, 6.45) is -0.578. The van der Waals surface area contributed by atoms with Crippen molar-refractivity contribution in [3.05, 3.63) is 54.1 Å². The Bertz CT molecular complexity index is 888. The zero-order chi connectivity index (χ0) is 21.6. The van der Waals surface area contributed by atoms with Crippen LogP contribution in [0.3, 0.4) is 0 Å². The number of hydrogen-bond donors (Lipinski definition) is 4. The second-order valence-electron chi connectivity index (χ2n) is 7.57. The smallest absolute Gasteiger partial charge is 0.243 e. The average Bonchev–Trinajstić information content (AvgIpc) is 2.68. The Morgan fingerprint density at radius 3 is 2.34 bits per heavy atom. The van der Waals surface area contributed by atoms with Gasteiger partial charge in [0.1, 0.15) is 5.75 Å². The maximum absolute atomic E-state index is 13.2. The van der Waals surface area contributed by atoms with E-state index in [1.54, 1.807) is 7.05 Å². The number of sulfonamides is 1. The predicted molar refractivity (Wildman–Crippen MR) is 115 cm³/mol. The maximum Gasteiger partial charge on any atom is 0.243 e. The van der Waals surface area contributed by atoms with E-state index in [1.807, 2.05) is 44.2 Å².